The third kappa shape index (κ3) is 6.77. The van der Waals surface area contributed by atoms with Gasteiger partial charge in [-0.1, -0.05) is 104 Å². The number of fused-ring (bicyclic) bond motifs is 3. The molecule has 6 nitrogen and oxygen atoms in total. The predicted octanol–water partition coefficient (Wildman–Crippen LogP) is 11.6. The standard InChI is InChI=1S/C49H42N4O2.Pt/c1-4-43-49(48-39(33-16-8-6-9-17-33)23-15-24-40(48)34-18-10-7-11-19-34)44(5-2)53(51-43)35-20-14-21-37(30-35)55-38-26-27-42-41-22-12-13-25-45(41)52(46(42)31-38)47-32-36(54-3)28-29-50-47;/h6-14,16-23,25-29,32,40,48H,4-5,15,24H2,1-3H3;/q-2;+2/t40-,48?;/m1./s1. The summed E-state index contributed by atoms with van der Waals surface area (Å²) in [6.45, 7) is 4.46. The van der Waals surface area contributed by atoms with Crippen molar-refractivity contribution in [3.63, 3.8) is 0 Å². The van der Waals surface area contributed by atoms with Crippen molar-refractivity contribution in [2.24, 2.45) is 0 Å². The molecule has 1 aliphatic carbocycles. The van der Waals surface area contributed by atoms with E-state index in [1.165, 1.54) is 28.0 Å². The second-order valence-corrected chi connectivity index (χ2v) is 14.0. The number of allylic oxidation sites excluding steroid dienone is 2. The van der Waals surface area contributed by atoms with E-state index in [0.29, 0.717) is 17.4 Å². The average molecular weight is 914 g/mol. The maximum absolute atomic E-state index is 6.56. The van der Waals surface area contributed by atoms with Gasteiger partial charge < -0.3 is 14.0 Å². The Labute approximate surface area is 342 Å². The van der Waals surface area contributed by atoms with Crippen molar-refractivity contribution in [3.05, 3.63) is 180 Å². The van der Waals surface area contributed by atoms with Crippen LogP contribution in [0.4, 0.5) is 0 Å². The van der Waals surface area contributed by atoms with Crippen LogP contribution < -0.4 is 9.47 Å². The van der Waals surface area contributed by atoms with Crippen LogP contribution in [-0.4, -0.2) is 26.4 Å². The van der Waals surface area contributed by atoms with Gasteiger partial charge in [0.1, 0.15) is 11.6 Å². The van der Waals surface area contributed by atoms with E-state index in [-0.39, 0.29) is 27.0 Å². The number of benzene rings is 5. The van der Waals surface area contributed by atoms with Gasteiger partial charge in [-0.25, -0.2) is 4.98 Å². The summed E-state index contributed by atoms with van der Waals surface area (Å²) in [5.41, 5.74) is 10.5. The van der Waals surface area contributed by atoms with Crippen molar-refractivity contribution in [3.8, 4) is 28.8 Å². The normalized spacial score (nSPS) is 15.4. The Balaban J connectivity index is 0.00000441. The summed E-state index contributed by atoms with van der Waals surface area (Å²) in [5, 5.41) is 7.53. The van der Waals surface area contributed by atoms with Crippen LogP contribution in [0.5, 0.6) is 17.2 Å². The molecule has 0 saturated heterocycles. The fourth-order valence-electron chi connectivity index (χ4n) is 8.51. The minimum atomic E-state index is 0. The van der Waals surface area contributed by atoms with Crippen LogP contribution in [0.15, 0.2) is 140 Å². The van der Waals surface area contributed by atoms with E-state index < -0.39 is 0 Å². The molecule has 0 spiro atoms. The molecular formula is C49H42N4O2Pt. The summed E-state index contributed by atoms with van der Waals surface area (Å²) >= 11 is 0. The number of aryl methyl sites for hydroxylation is 1. The summed E-state index contributed by atoms with van der Waals surface area (Å²) in [4.78, 5) is 4.70. The van der Waals surface area contributed by atoms with Crippen molar-refractivity contribution < 1.29 is 30.5 Å². The Hall–Kier alpha value is -5.71. The molecule has 0 bridgehead atoms. The molecule has 0 fully saturated rings. The summed E-state index contributed by atoms with van der Waals surface area (Å²) in [6.07, 6.45) is 8.02. The molecule has 2 atom stereocenters. The van der Waals surface area contributed by atoms with Crippen LogP contribution in [0.25, 0.3) is 38.9 Å². The molecule has 8 aromatic rings. The molecule has 0 radical (unpaired) electrons. The molecule has 9 rings (SSSR count). The van der Waals surface area contributed by atoms with Gasteiger partial charge in [0.25, 0.3) is 0 Å². The van der Waals surface area contributed by atoms with Crippen LogP contribution in [-0.2, 0) is 33.9 Å². The van der Waals surface area contributed by atoms with Crippen LogP contribution in [0.3, 0.4) is 0 Å². The Morgan fingerprint density at radius 3 is 2.32 bits per heavy atom. The Bertz CT molecular complexity index is 2660. The minimum Gasteiger partial charge on any atom is -0.509 e. The number of nitrogens with zero attached hydrogens (tertiary/aromatic N) is 4. The minimum absolute atomic E-state index is 0. The van der Waals surface area contributed by atoms with Crippen molar-refractivity contribution >= 4 is 27.4 Å². The number of pyridine rings is 1. The molecule has 0 N–H and O–H groups in total. The molecule has 56 heavy (non-hydrogen) atoms. The number of methoxy groups -OCH3 is 1. The second-order valence-electron chi connectivity index (χ2n) is 14.0. The first-order valence-corrected chi connectivity index (χ1v) is 19.2. The molecule has 0 saturated carbocycles. The van der Waals surface area contributed by atoms with E-state index in [1.54, 1.807) is 13.3 Å². The van der Waals surface area contributed by atoms with Gasteiger partial charge in [-0.2, -0.15) is 17.2 Å². The number of hydrogen-bond donors (Lipinski definition) is 0. The second kappa shape index (κ2) is 16.2. The van der Waals surface area contributed by atoms with E-state index in [9.17, 15) is 0 Å². The van der Waals surface area contributed by atoms with Gasteiger partial charge in [0.15, 0.2) is 0 Å². The van der Waals surface area contributed by atoms with Crippen LogP contribution in [0.1, 0.15) is 66.6 Å². The van der Waals surface area contributed by atoms with E-state index >= 15 is 0 Å². The summed E-state index contributed by atoms with van der Waals surface area (Å²) < 4.78 is 16.3. The van der Waals surface area contributed by atoms with E-state index in [0.717, 1.165) is 70.4 Å². The van der Waals surface area contributed by atoms with Crippen molar-refractivity contribution in [1.29, 1.82) is 0 Å². The number of para-hydroxylation sites is 1. The van der Waals surface area contributed by atoms with Crippen molar-refractivity contribution in [2.75, 3.05) is 7.11 Å². The van der Waals surface area contributed by atoms with E-state index in [2.05, 4.69) is 132 Å². The van der Waals surface area contributed by atoms with Gasteiger partial charge in [0, 0.05) is 46.5 Å². The first-order chi connectivity index (χ1) is 27.1. The van der Waals surface area contributed by atoms with Gasteiger partial charge in [-0.05, 0) is 71.5 Å². The molecule has 5 aromatic carbocycles. The topological polar surface area (TPSA) is 54.1 Å². The summed E-state index contributed by atoms with van der Waals surface area (Å²) in [5.74, 6) is 3.17. The molecule has 1 unspecified atom stereocenters. The molecule has 0 amide bonds. The number of ether oxygens (including phenoxy) is 2. The molecule has 3 aromatic heterocycles. The maximum Gasteiger partial charge on any atom is 2.00 e. The van der Waals surface area contributed by atoms with Gasteiger partial charge in [-0.15, -0.1) is 35.7 Å². The van der Waals surface area contributed by atoms with Gasteiger partial charge in [0.05, 0.1) is 12.8 Å². The van der Waals surface area contributed by atoms with Gasteiger partial charge >= 0.3 is 21.1 Å². The molecular weight excluding hydrogens is 872 g/mol. The molecule has 3 heterocycles. The SMILES string of the molecule is CCc1nn(-c2[c-]c(Oc3[c-]c4c(cc3)c3ccccc3n4-c3cc(OC)ccn3)ccc2)c(CC)c1C1C(c2ccccc2)=CCC[C@@H]1c1ccccc1.[Pt+2]. The van der Waals surface area contributed by atoms with Crippen molar-refractivity contribution in [2.45, 2.75) is 51.4 Å². The Morgan fingerprint density at radius 2 is 1.54 bits per heavy atom. The monoisotopic (exact) mass is 913 g/mol. The zero-order chi connectivity index (χ0) is 37.3. The van der Waals surface area contributed by atoms with Crippen molar-refractivity contribution in [1.82, 2.24) is 19.3 Å². The quantitative estimate of drug-likeness (QED) is 0.128. The van der Waals surface area contributed by atoms with Crippen LogP contribution in [0.2, 0.25) is 0 Å². The predicted molar refractivity (Wildman–Crippen MR) is 221 cm³/mol. The third-order valence-electron chi connectivity index (χ3n) is 10.9. The van der Waals surface area contributed by atoms with Crippen LogP contribution in [0, 0.1) is 12.1 Å². The first kappa shape index (κ1) is 37.2. The largest absolute Gasteiger partial charge is 2.00 e. The zero-order valence-corrected chi connectivity index (χ0v) is 34.0. The van der Waals surface area contributed by atoms with E-state index in [1.807, 2.05) is 36.4 Å². The maximum atomic E-state index is 6.56. The van der Waals surface area contributed by atoms with Gasteiger partial charge in [0.2, 0.25) is 0 Å². The number of aromatic nitrogens is 4. The Kier molecular flexibility index (Phi) is 10.8. The summed E-state index contributed by atoms with van der Waals surface area (Å²) in [6, 6.07) is 51.3. The number of hydrogen-bond acceptors (Lipinski definition) is 4. The first-order valence-electron chi connectivity index (χ1n) is 19.2. The zero-order valence-electron chi connectivity index (χ0n) is 31.7. The Morgan fingerprint density at radius 1 is 0.768 bits per heavy atom. The third-order valence-corrected chi connectivity index (χ3v) is 10.9. The number of rotatable bonds is 10. The molecule has 7 heteroatoms. The van der Waals surface area contributed by atoms with E-state index in [4.69, 9.17) is 19.6 Å². The molecule has 280 valence electrons. The molecule has 0 aliphatic heterocycles. The molecule has 1 aliphatic rings. The summed E-state index contributed by atoms with van der Waals surface area (Å²) in [7, 11) is 1.67. The van der Waals surface area contributed by atoms with Crippen LogP contribution >= 0.6 is 0 Å². The fourth-order valence-corrected chi connectivity index (χ4v) is 8.51. The van der Waals surface area contributed by atoms with Gasteiger partial charge in [-0.3, -0.25) is 4.68 Å². The average Bonchev–Trinajstić information content (AvgIpc) is 3.79. The smallest absolute Gasteiger partial charge is 0.509 e. The fraction of sp³-hybridized carbons (Fsp3) is 0.184.